The van der Waals surface area contributed by atoms with Gasteiger partial charge in [-0.1, -0.05) is 49.7 Å². The van der Waals surface area contributed by atoms with Gasteiger partial charge in [0.1, 0.15) is 0 Å². The number of unbranched alkanes of at least 4 members (excludes halogenated alkanes) is 1. The van der Waals surface area contributed by atoms with Crippen molar-refractivity contribution in [2.75, 3.05) is 16.2 Å². The number of aromatic nitrogens is 2. The second-order valence-electron chi connectivity index (χ2n) is 7.35. The largest absolute Gasteiger partial charge is 0.324 e. The molecule has 164 valence electrons. The summed E-state index contributed by atoms with van der Waals surface area (Å²) in [5.74, 6) is -0.140. The summed E-state index contributed by atoms with van der Waals surface area (Å²) in [7, 11) is -3.85. The second kappa shape index (κ2) is 9.23. The lowest BCUT2D eigenvalue weighted by Crippen LogP contribution is -2.32. The number of imidazole rings is 1. The van der Waals surface area contributed by atoms with E-state index in [0.29, 0.717) is 18.2 Å². The van der Waals surface area contributed by atoms with Crippen LogP contribution in [0.5, 0.6) is 0 Å². The Hall–Kier alpha value is -3.65. The molecule has 0 bridgehead atoms. The van der Waals surface area contributed by atoms with E-state index in [2.05, 4.69) is 15.3 Å². The van der Waals surface area contributed by atoms with Crippen LogP contribution in [0, 0.1) is 0 Å². The maximum atomic E-state index is 13.5. The van der Waals surface area contributed by atoms with E-state index >= 15 is 0 Å². The zero-order chi connectivity index (χ0) is 22.6. The first-order valence-electron chi connectivity index (χ1n) is 10.4. The molecule has 4 rings (SSSR count). The molecule has 3 aromatic carbocycles. The van der Waals surface area contributed by atoms with Crippen LogP contribution in [0.1, 0.15) is 30.1 Å². The third-order valence-electron chi connectivity index (χ3n) is 5.06. The SMILES string of the molecule is CCCCN(c1ccccc1)S(=O)(=O)c1cccc(C(=O)Nc2nc3ccccc3[nH]2)c1. The van der Waals surface area contributed by atoms with Gasteiger partial charge in [0.25, 0.3) is 15.9 Å². The first kappa shape index (κ1) is 21.6. The standard InChI is InChI=1S/C24H24N4O3S/c1-2-3-16-28(19-11-5-4-6-12-19)32(30,31)20-13-9-10-18(17-20)23(29)27-24-25-21-14-7-8-15-22(21)26-24/h4-15,17H,2-3,16H2,1H3,(H2,25,26,27,29). The Morgan fingerprint density at radius 1 is 1.00 bits per heavy atom. The monoisotopic (exact) mass is 448 g/mol. The molecular formula is C24H24N4O3S. The van der Waals surface area contributed by atoms with Crippen molar-refractivity contribution in [1.82, 2.24) is 9.97 Å². The Labute approximate surface area is 187 Å². The van der Waals surface area contributed by atoms with E-state index in [1.54, 1.807) is 36.4 Å². The Morgan fingerprint density at radius 3 is 2.50 bits per heavy atom. The van der Waals surface area contributed by atoms with Crippen LogP contribution in [-0.2, 0) is 10.0 Å². The minimum absolute atomic E-state index is 0.0645. The van der Waals surface area contributed by atoms with Crippen molar-refractivity contribution in [3.05, 3.63) is 84.4 Å². The summed E-state index contributed by atoms with van der Waals surface area (Å²) < 4.78 is 28.3. The number of sulfonamides is 1. The molecule has 2 N–H and O–H groups in total. The molecule has 7 nitrogen and oxygen atoms in total. The van der Waals surface area contributed by atoms with E-state index in [-0.39, 0.29) is 10.5 Å². The molecule has 1 amide bonds. The molecule has 0 saturated heterocycles. The molecule has 8 heteroatoms. The molecular weight excluding hydrogens is 424 g/mol. The zero-order valence-electron chi connectivity index (χ0n) is 17.7. The fraction of sp³-hybridized carbons (Fsp3) is 0.167. The van der Waals surface area contributed by atoms with E-state index in [0.717, 1.165) is 23.9 Å². The number of H-pyrrole nitrogens is 1. The van der Waals surface area contributed by atoms with Crippen molar-refractivity contribution < 1.29 is 13.2 Å². The molecule has 1 heterocycles. The molecule has 1 aromatic heterocycles. The summed E-state index contributed by atoms with van der Waals surface area (Å²) in [6, 6.07) is 22.5. The van der Waals surface area contributed by atoms with Gasteiger partial charge in [0, 0.05) is 12.1 Å². The molecule has 0 atom stereocenters. The van der Waals surface area contributed by atoms with Crippen molar-refractivity contribution in [3.63, 3.8) is 0 Å². The summed E-state index contributed by atoms with van der Waals surface area (Å²) in [5.41, 5.74) is 2.36. The van der Waals surface area contributed by atoms with Gasteiger partial charge in [0.2, 0.25) is 5.95 Å². The van der Waals surface area contributed by atoms with E-state index in [1.807, 2.05) is 37.3 Å². The number of para-hydroxylation sites is 3. The third-order valence-corrected chi connectivity index (χ3v) is 6.89. The highest BCUT2D eigenvalue weighted by Gasteiger charge is 2.25. The molecule has 4 aromatic rings. The summed E-state index contributed by atoms with van der Waals surface area (Å²) in [5, 5.41) is 2.71. The molecule has 0 radical (unpaired) electrons. The Kier molecular flexibility index (Phi) is 6.23. The van der Waals surface area contributed by atoms with Crippen LogP contribution in [0.2, 0.25) is 0 Å². The van der Waals surface area contributed by atoms with Crippen LogP contribution >= 0.6 is 0 Å². The van der Waals surface area contributed by atoms with Crippen LogP contribution in [0.4, 0.5) is 11.6 Å². The molecule has 32 heavy (non-hydrogen) atoms. The van der Waals surface area contributed by atoms with Gasteiger partial charge in [-0.15, -0.1) is 0 Å². The van der Waals surface area contributed by atoms with E-state index in [9.17, 15) is 13.2 Å². The van der Waals surface area contributed by atoms with Crippen LogP contribution < -0.4 is 9.62 Å². The van der Waals surface area contributed by atoms with Gasteiger partial charge in [-0.25, -0.2) is 13.4 Å². The van der Waals surface area contributed by atoms with Crippen LogP contribution in [-0.4, -0.2) is 30.8 Å². The zero-order valence-corrected chi connectivity index (χ0v) is 18.5. The average molecular weight is 449 g/mol. The smallest absolute Gasteiger partial charge is 0.264 e. The van der Waals surface area contributed by atoms with Crippen molar-refractivity contribution in [2.24, 2.45) is 0 Å². The first-order valence-corrected chi connectivity index (χ1v) is 11.9. The molecule has 0 aliphatic heterocycles. The fourth-order valence-electron chi connectivity index (χ4n) is 3.40. The average Bonchev–Trinajstić information content (AvgIpc) is 3.22. The molecule has 0 spiro atoms. The summed E-state index contributed by atoms with van der Waals surface area (Å²) in [6.45, 7) is 2.37. The number of aromatic amines is 1. The molecule has 0 saturated carbocycles. The van der Waals surface area contributed by atoms with Gasteiger partial charge in [0.05, 0.1) is 21.6 Å². The first-order chi connectivity index (χ1) is 15.5. The predicted octanol–water partition coefficient (Wildman–Crippen LogP) is 4.81. The number of hydrogen-bond acceptors (Lipinski definition) is 4. The summed E-state index contributed by atoms with van der Waals surface area (Å²) in [4.78, 5) is 20.2. The number of hydrogen-bond donors (Lipinski definition) is 2. The maximum absolute atomic E-state index is 13.5. The lowest BCUT2D eigenvalue weighted by molar-refractivity contribution is 0.102. The van der Waals surface area contributed by atoms with Crippen molar-refractivity contribution >= 4 is 38.6 Å². The normalized spacial score (nSPS) is 11.4. The minimum Gasteiger partial charge on any atom is -0.324 e. The Morgan fingerprint density at radius 2 is 1.75 bits per heavy atom. The Bertz CT molecular complexity index is 1300. The van der Waals surface area contributed by atoms with E-state index in [1.165, 1.54) is 16.4 Å². The topological polar surface area (TPSA) is 95.2 Å². The molecule has 0 unspecified atom stereocenters. The lowest BCUT2D eigenvalue weighted by atomic mass is 10.2. The molecule has 0 fully saturated rings. The number of nitrogens with zero attached hydrogens (tertiary/aromatic N) is 2. The van der Waals surface area contributed by atoms with Gasteiger partial charge in [-0.2, -0.15) is 0 Å². The highest BCUT2D eigenvalue weighted by Crippen LogP contribution is 2.25. The number of rotatable bonds is 8. The number of benzene rings is 3. The van der Waals surface area contributed by atoms with Gasteiger partial charge in [-0.05, 0) is 48.9 Å². The lowest BCUT2D eigenvalue weighted by Gasteiger charge is -2.24. The van der Waals surface area contributed by atoms with Gasteiger partial charge >= 0.3 is 0 Å². The number of anilines is 2. The number of carbonyl (C=O) groups excluding carboxylic acids is 1. The fourth-order valence-corrected chi connectivity index (χ4v) is 4.95. The highest BCUT2D eigenvalue weighted by molar-refractivity contribution is 7.92. The maximum Gasteiger partial charge on any atom is 0.264 e. The Balaban J connectivity index is 1.62. The number of carbonyl (C=O) groups is 1. The van der Waals surface area contributed by atoms with Crippen molar-refractivity contribution in [3.8, 4) is 0 Å². The third kappa shape index (κ3) is 4.50. The number of fused-ring (bicyclic) bond motifs is 1. The van der Waals surface area contributed by atoms with Crippen LogP contribution in [0.25, 0.3) is 11.0 Å². The minimum atomic E-state index is -3.85. The van der Waals surface area contributed by atoms with Crippen molar-refractivity contribution in [2.45, 2.75) is 24.7 Å². The van der Waals surface area contributed by atoms with Crippen LogP contribution in [0.15, 0.2) is 83.8 Å². The summed E-state index contributed by atoms with van der Waals surface area (Å²) in [6.07, 6.45) is 1.58. The van der Waals surface area contributed by atoms with Crippen molar-refractivity contribution in [1.29, 1.82) is 0 Å². The van der Waals surface area contributed by atoms with E-state index in [4.69, 9.17) is 0 Å². The van der Waals surface area contributed by atoms with Crippen LogP contribution in [0.3, 0.4) is 0 Å². The molecule has 0 aliphatic carbocycles. The van der Waals surface area contributed by atoms with Gasteiger partial charge in [-0.3, -0.25) is 14.4 Å². The number of nitrogens with one attached hydrogen (secondary N) is 2. The van der Waals surface area contributed by atoms with Gasteiger partial charge < -0.3 is 4.98 Å². The molecule has 0 aliphatic rings. The number of amides is 1. The van der Waals surface area contributed by atoms with E-state index < -0.39 is 15.9 Å². The van der Waals surface area contributed by atoms with Gasteiger partial charge in [0.15, 0.2) is 0 Å². The highest BCUT2D eigenvalue weighted by atomic mass is 32.2. The second-order valence-corrected chi connectivity index (χ2v) is 9.21. The predicted molar refractivity (Wildman–Crippen MR) is 126 cm³/mol. The quantitative estimate of drug-likeness (QED) is 0.404. The summed E-state index contributed by atoms with van der Waals surface area (Å²) >= 11 is 0.